The number of carbonyl (C=O) groups is 3. The van der Waals surface area contributed by atoms with Gasteiger partial charge in [0.05, 0.1) is 6.54 Å². The Balaban J connectivity index is 2.42. The molecule has 0 aliphatic carbocycles. The number of aromatic nitrogens is 2. The molecular formula is C25H32FN3O5. The molecule has 2 rings (SSSR count). The minimum Gasteiger partial charge on any atom is -0.459 e. The molecule has 1 aromatic heterocycles. The number of alkyl halides is 1. The van der Waals surface area contributed by atoms with Gasteiger partial charge in [-0.2, -0.15) is 5.10 Å². The number of hydrogen-bond acceptors (Lipinski definition) is 7. The normalized spacial score (nSPS) is 14.2. The Kier molecular flexibility index (Phi) is 8.98. The molecule has 2 N–H and O–H groups in total. The molecule has 0 bridgehead atoms. The number of hydrogen-bond donors (Lipinski definition) is 1. The van der Waals surface area contributed by atoms with Crippen molar-refractivity contribution in [3.05, 3.63) is 63.6 Å². The highest BCUT2D eigenvalue weighted by Crippen LogP contribution is 2.25. The number of benzene rings is 1. The number of aryl methyl sites for hydroxylation is 1. The van der Waals surface area contributed by atoms with E-state index in [1.54, 1.807) is 27.7 Å². The van der Waals surface area contributed by atoms with Gasteiger partial charge in [-0.25, -0.2) is 9.07 Å². The highest BCUT2D eigenvalue weighted by molar-refractivity contribution is 6.09. The topological polar surface area (TPSA) is 121 Å². The standard InChI is InChI=1S/C25H32FN3O5/c1-6-17(22(31)20(19(30)13-26)21(27)24(33)34-25(3,4)5)18-10-11-28-29(23(18)32)14-16-9-7-8-15(2)12-16/h7-12,17,20-21H,6,13-14,27H2,1-5H3. The van der Waals surface area contributed by atoms with Crippen LogP contribution in [-0.4, -0.2) is 45.6 Å². The van der Waals surface area contributed by atoms with Crippen LogP contribution in [0.4, 0.5) is 4.39 Å². The first-order valence-electron chi connectivity index (χ1n) is 11.1. The fourth-order valence-corrected chi connectivity index (χ4v) is 3.74. The Hall–Kier alpha value is -3.20. The van der Waals surface area contributed by atoms with E-state index < -0.39 is 53.2 Å². The highest BCUT2D eigenvalue weighted by Gasteiger charge is 2.42. The molecule has 8 nitrogen and oxygen atoms in total. The van der Waals surface area contributed by atoms with Gasteiger partial charge < -0.3 is 10.5 Å². The van der Waals surface area contributed by atoms with Crippen LogP contribution in [0.15, 0.2) is 41.3 Å². The molecule has 3 unspecified atom stereocenters. The Bertz CT molecular complexity index is 1110. The molecule has 0 aliphatic heterocycles. The highest BCUT2D eigenvalue weighted by atomic mass is 19.1. The van der Waals surface area contributed by atoms with Gasteiger partial charge in [0.15, 0.2) is 11.6 Å². The van der Waals surface area contributed by atoms with Crippen LogP contribution in [-0.2, 0) is 25.7 Å². The van der Waals surface area contributed by atoms with E-state index in [4.69, 9.17) is 10.5 Å². The van der Waals surface area contributed by atoms with E-state index in [0.29, 0.717) is 0 Å². The number of ketones is 2. The maximum atomic E-state index is 13.4. The number of nitrogens with two attached hydrogens (primary N) is 1. The summed E-state index contributed by atoms with van der Waals surface area (Å²) in [6.45, 7) is 7.11. The minimum atomic E-state index is -1.78. The summed E-state index contributed by atoms with van der Waals surface area (Å²) in [4.78, 5) is 51.4. The smallest absolute Gasteiger partial charge is 0.324 e. The molecule has 0 saturated carbocycles. The molecule has 1 heterocycles. The van der Waals surface area contributed by atoms with Gasteiger partial charge in [-0.3, -0.25) is 19.2 Å². The maximum absolute atomic E-state index is 13.4. The van der Waals surface area contributed by atoms with Crippen LogP contribution in [0.25, 0.3) is 0 Å². The van der Waals surface area contributed by atoms with Gasteiger partial charge in [0.1, 0.15) is 24.2 Å². The Labute approximate surface area is 198 Å². The van der Waals surface area contributed by atoms with Gasteiger partial charge in [-0.1, -0.05) is 36.8 Å². The lowest BCUT2D eigenvalue weighted by Crippen LogP contribution is -2.50. The third-order valence-electron chi connectivity index (χ3n) is 5.31. The summed E-state index contributed by atoms with van der Waals surface area (Å²) >= 11 is 0. The van der Waals surface area contributed by atoms with Crippen LogP contribution >= 0.6 is 0 Å². The van der Waals surface area contributed by atoms with Crippen LogP contribution in [0.5, 0.6) is 0 Å². The Morgan fingerprint density at radius 2 is 1.88 bits per heavy atom. The summed E-state index contributed by atoms with van der Waals surface area (Å²) in [6, 6.07) is 7.27. The molecule has 2 aromatic rings. The summed E-state index contributed by atoms with van der Waals surface area (Å²) in [7, 11) is 0. The largest absolute Gasteiger partial charge is 0.459 e. The van der Waals surface area contributed by atoms with E-state index in [0.717, 1.165) is 11.1 Å². The number of esters is 1. The number of Topliss-reactive ketones (excluding diaryl/α,β-unsaturated/α-hetero) is 2. The van der Waals surface area contributed by atoms with Crippen molar-refractivity contribution in [3.63, 3.8) is 0 Å². The molecule has 0 aliphatic rings. The average Bonchev–Trinajstić information content (AvgIpc) is 2.75. The molecule has 0 fully saturated rings. The fraction of sp³-hybridized carbons (Fsp3) is 0.480. The lowest BCUT2D eigenvalue weighted by molar-refractivity contribution is -0.161. The quantitative estimate of drug-likeness (QED) is 0.416. The van der Waals surface area contributed by atoms with Gasteiger partial charge in [0.25, 0.3) is 5.56 Å². The third kappa shape index (κ3) is 6.66. The molecule has 184 valence electrons. The summed E-state index contributed by atoms with van der Waals surface area (Å²) in [5.74, 6) is -5.77. The predicted octanol–water partition coefficient (Wildman–Crippen LogP) is 2.49. The molecule has 0 saturated heterocycles. The summed E-state index contributed by atoms with van der Waals surface area (Å²) < 4.78 is 19.8. The maximum Gasteiger partial charge on any atom is 0.324 e. The predicted molar refractivity (Wildman–Crippen MR) is 125 cm³/mol. The second-order valence-corrected chi connectivity index (χ2v) is 9.24. The molecule has 1 aromatic carbocycles. The van der Waals surface area contributed by atoms with Crippen LogP contribution in [0.1, 0.15) is 56.7 Å². The van der Waals surface area contributed by atoms with E-state index in [-0.39, 0.29) is 18.5 Å². The van der Waals surface area contributed by atoms with Crippen molar-refractivity contribution in [2.75, 3.05) is 6.67 Å². The van der Waals surface area contributed by atoms with Crippen molar-refractivity contribution in [2.45, 2.75) is 65.1 Å². The molecule has 0 spiro atoms. The third-order valence-corrected chi connectivity index (χ3v) is 5.31. The number of carbonyl (C=O) groups excluding carboxylic acids is 3. The summed E-state index contributed by atoms with van der Waals surface area (Å²) in [5.41, 5.74) is 6.46. The van der Waals surface area contributed by atoms with Crippen LogP contribution in [0, 0.1) is 12.8 Å². The van der Waals surface area contributed by atoms with Crippen LogP contribution in [0.3, 0.4) is 0 Å². The second-order valence-electron chi connectivity index (χ2n) is 9.24. The molecular weight excluding hydrogens is 441 g/mol. The zero-order chi connectivity index (χ0) is 25.6. The molecule has 9 heteroatoms. The Morgan fingerprint density at radius 1 is 1.21 bits per heavy atom. The number of halogens is 1. The molecule has 34 heavy (non-hydrogen) atoms. The first kappa shape index (κ1) is 27.0. The van der Waals surface area contributed by atoms with Gasteiger partial charge in [-0.15, -0.1) is 0 Å². The zero-order valence-electron chi connectivity index (χ0n) is 20.2. The van der Waals surface area contributed by atoms with Gasteiger partial charge in [0.2, 0.25) is 0 Å². The zero-order valence-corrected chi connectivity index (χ0v) is 20.2. The summed E-state index contributed by atoms with van der Waals surface area (Å²) in [5, 5.41) is 4.11. The van der Waals surface area contributed by atoms with Crippen molar-refractivity contribution in [1.82, 2.24) is 9.78 Å². The SMILES string of the molecule is CCC(C(=O)C(C(=O)CF)C(N)C(=O)OC(C)(C)C)c1ccnn(Cc2cccc(C)c2)c1=O. The van der Waals surface area contributed by atoms with Gasteiger partial charge in [-0.05, 0) is 45.7 Å². The first-order valence-corrected chi connectivity index (χ1v) is 11.1. The number of nitrogens with zero attached hydrogens (tertiary/aromatic N) is 2. The average molecular weight is 474 g/mol. The van der Waals surface area contributed by atoms with Crippen LogP contribution in [0.2, 0.25) is 0 Å². The lowest BCUT2D eigenvalue weighted by atomic mass is 9.81. The minimum absolute atomic E-state index is 0.100. The number of ether oxygens (including phenoxy) is 1. The van der Waals surface area contributed by atoms with Crippen molar-refractivity contribution in [2.24, 2.45) is 11.7 Å². The van der Waals surface area contributed by atoms with Crippen molar-refractivity contribution < 1.29 is 23.5 Å². The van der Waals surface area contributed by atoms with Crippen molar-refractivity contribution in [3.8, 4) is 0 Å². The molecule has 3 atom stereocenters. The Morgan fingerprint density at radius 3 is 2.44 bits per heavy atom. The first-order chi connectivity index (χ1) is 15.9. The van der Waals surface area contributed by atoms with Gasteiger partial charge in [0, 0.05) is 17.7 Å². The van der Waals surface area contributed by atoms with E-state index in [1.807, 2.05) is 31.2 Å². The van der Waals surface area contributed by atoms with E-state index >= 15 is 0 Å². The molecule has 0 amide bonds. The number of rotatable bonds is 10. The van der Waals surface area contributed by atoms with E-state index in [2.05, 4.69) is 5.10 Å². The van der Waals surface area contributed by atoms with Gasteiger partial charge >= 0.3 is 5.97 Å². The monoisotopic (exact) mass is 473 g/mol. The van der Waals surface area contributed by atoms with E-state index in [1.165, 1.54) is 16.9 Å². The summed E-state index contributed by atoms with van der Waals surface area (Å²) in [6.07, 6.45) is 1.53. The lowest BCUT2D eigenvalue weighted by Gasteiger charge is -2.27. The van der Waals surface area contributed by atoms with E-state index in [9.17, 15) is 23.6 Å². The van der Waals surface area contributed by atoms with Crippen LogP contribution < -0.4 is 11.3 Å². The molecule has 0 radical (unpaired) electrons. The fourth-order valence-electron chi connectivity index (χ4n) is 3.74. The second kappa shape index (κ2) is 11.3. The van der Waals surface area contributed by atoms with Crippen molar-refractivity contribution in [1.29, 1.82) is 0 Å². The van der Waals surface area contributed by atoms with Crippen molar-refractivity contribution >= 4 is 17.5 Å².